The van der Waals surface area contributed by atoms with E-state index in [-0.39, 0.29) is 18.7 Å². The van der Waals surface area contributed by atoms with E-state index in [0.29, 0.717) is 35.4 Å². The van der Waals surface area contributed by atoms with Crippen molar-refractivity contribution in [1.82, 2.24) is 19.8 Å². The van der Waals surface area contributed by atoms with Crippen LogP contribution in [0.25, 0.3) is 16.8 Å². The zero-order valence-corrected chi connectivity index (χ0v) is 15.5. The number of benzene rings is 1. The topological polar surface area (TPSA) is 66.7 Å². The predicted octanol–water partition coefficient (Wildman–Crippen LogP) is 3.12. The first-order chi connectivity index (χ1) is 13.9. The van der Waals surface area contributed by atoms with Crippen LogP contribution in [0.1, 0.15) is 39.1 Å². The first-order valence-electron chi connectivity index (χ1n) is 9.48. The number of piperidine rings is 1. The summed E-state index contributed by atoms with van der Waals surface area (Å²) in [4.78, 5) is 26.1. The fourth-order valence-electron chi connectivity index (χ4n) is 4.08. The Labute approximate surface area is 165 Å². The quantitative estimate of drug-likeness (QED) is 0.724. The van der Waals surface area contributed by atoms with Gasteiger partial charge in [-0.3, -0.25) is 9.59 Å². The molecule has 3 aromatic rings. The summed E-state index contributed by atoms with van der Waals surface area (Å²) in [6.45, 7) is 0.258. The van der Waals surface area contributed by atoms with Crippen molar-refractivity contribution < 1.29 is 18.4 Å². The first-order valence-corrected chi connectivity index (χ1v) is 9.48. The molecule has 148 valence electrons. The smallest absolute Gasteiger partial charge is 0.265 e. The Morgan fingerprint density at radius 1 is 1.21 bits per heavy atom. The van der Waals surface area contributed by atoms with E-state index in [2.05, 4.69) is 10.4 Å². The van der Waals surface area contributed by atoms with E-state index in [1.807, 2.05) is 18.2 Å². The van der Waals surface area contributed by atoms with E-state index in [1.165, 1.54) is 11.1 Å². The zero-order chi connectivity index (χ0) is 20.2. The van der Waals surface area contributed by atoms with Gasteiger partial charge >= 0.3 is 0 Å². The number of aromatic nitrogens is 2. The van der Waals surface area contributed by atoms with Gasteiger partial charge in [-0.15, -0.1) is 0 Å². The van der Waals surface area contributed by atoms with Crippen LogP contribution >= 0.6 is 0 Å². The number of likely N-dealkylation sites (tertiary alicyclic amines) is 1. The average Bonchev–Trinajstić information content (AvgIpc) is 3.30. The Morgan fingerprint density at radius 3 is 2.90 bits per heavy atom. The van der Waals surface area contributed by atoms with E-state index in [4.69, 9.17) is 0 Å². The van der Waals surface area contributed by atoms with Gasteiger partial charge in [0.1, 0.15) is 0 Å². The van der Waals surface area contributed by atoms with E-state index in [0.717, 1.165) is 11.1 Å². The molecule has 5 rings (SSSR count). The molecule has 0 spiro atoms. The van der Waals surface area contributed by atoms with Crippen molar-refractivity contribution in [3.05, 3.63) is 59.3 Å². The number of pyridine rings is 1. The lowest BCUT2D eigenvalue weighted by Crippen LogP contribution is -2.45. The molecule has 0 saturated carbocycles. The molecule has 0 unspecified atom stereocenters. The third-order valence-electron chi connectivity index (χ3n) is 5.54. The van der Waals surface area contributed by atoms with Crippen LogP contribution in [-0.2, 0) is 6.54 Å². The molecule has 1 saturated heterocycles. The molecule has 1 fully saturated rings. The van der Waals surface area contributed by atoms with Gasteiger partial charge in [0.2, 0.25) is 0 Å². The number of halogens is 2. The second-order valence-corrected chi connectivity index (χ2v) is 7.51. The molecule has 0 radical (unpaired) electrons. The summed E-state index contributed by atoms with van der Waals surface area (Å²) in [5.74, 6) is -3.41. The number of amides is 2. The maximum Gasteiger partial charge on any atom is 0.265 e. The second kappa shape index (κ2) is 6.37. The van der Waals surface area contributed by atoms with Gasteiger partial charge in [-0.2, -0.15) is 5.10 Å². The fourth-order valence-corrected chi connectivity index (χ4v) is 4.08. The Hall–Kier alpha value is -3.29. The monoisotopic (exact) mass is 396 g/mol. The number of nitrogens with one attached hydrogen (secondary N) is 1. The van der Waals surface area contributed by atoms with E-state index < -0.39 is 18.4 Å². The highest BCUT2D eigenvalue weighted by Crippen LogP contribution is 2.30. The summed E-state index contributed by atoms with van der Waals surface area (Å²) >= 11 is 0. The highest BCUT2D eigenvalue weighted by molar-refractivity contribution is 6.01. The van der Waals surface area contributed by atoms with Crippen LogP contribution in [0.2, 0.25) is 0 Å². The van der Waals surface area contributed by atoms with Crippen LogP contribution < -0.4 is 5.32 Å². The summed E-state index contributed by atoms with van der Waals surface area (Å²) in [6, 6.07) is 11.0. The molecule has 2 aliphatic heterocycles. The van der Waals surface area contributed by atoms with Gasteiger partial charge in [-0.1, -0.05) is 18.2 Å². The lowest BCUT2D eigenvalue weighted by molar-refractivity contribution is -0.0560. The molecule has 0 bridgehead atoms. The SMILES string of the molecule is O=C1NCc2ccc(-c3cccc4c(C(=O)N5CCCC(F)(F)C5)cnn34)cc21. The van der Waals surface area contributed by atoms with Crippen molar-refractivity contribution in [2.45, 2.75) is 25.3 Å². The largest absolute Gasteiger partial charge is 0.348 e. The number of carbonyl (C=O) groups is 2. The third kappa shape index (κ3) is 2.95. The molecule has 1 N–H and O–H groups in total. The Kier molecular flexibility index (Phi) is 3.90. The standard InChI is InChI=1S/C21H18F2N4O2/c22-21(23)7-2-8-26(12-21)20(29)16-11-25-27-17(3-1-4-18(16)27)13-5-6-14-10-24-19(28)15(14)9-13/h1,3-6,9,11H,2,7-8,10,12H2,(H,24,28). The molecular formula is C21H18F2N4O2. The fraction of sp³-hybridized carbons (Fsp3) is 0.286. The minimum Gasteiger partial charge on any atom is -0.348 e. The number of carbonyl (C=O) groups excluding carboxylic acids is 2. The van der Waals surface area contributed by atoms with Crippen molar-refractivity contribution in [3.63, 3.8) is 0 Å². The van der Waals surface area contributed by atoms with Gasteiger partial charge in [0, 0.05) is 30.6 Å². The number of hydrogen-bond acceptors (Lipinski definition) is 3. The maximum atomic E-state index is 13.7. The van der Waals surface area contributed by atoms with Gasteiger partial charge in [0.15, 0.2) is 0 Å². The maximum absolute atomic E-state index is 13.7. The number of hydrogen-bond donors (Lipinski definition) is 1. The molecule has 0 atom stereocenters. The zero-order valence-electron chi connectivity index (χ0n) is 15.5. The van der Waals surface area contributed by atoms with Crippen LogP contribution in [0.3, 0.4) is 0 Å². The normalized spacial score (nSPS) is 18.0. The lowest BCUT2D eigenvalue weighted by Gasteiger charge is -2.32. The Balaban J connectivity index is 1.54. The first kappa shape index (κ1) is 17.8. The van der Waals surface area contributed by atoms with E-state index in [9.17, 15) is 18.4 Å². The van der Waals surface area contributed by atoms with Gasteiger partial charge in [-0.05, 0) is 30.2 Å². The van der Waals surface area contributed by atoms with Crippen LogP contribution in [0.4, 0.5) is 8.78 Å². The van der Waals surface area contributed by atoms with Crippen molar-refractivity contribution in [2.75, 3.05) is 13.1 Å². The number of rotatable bonds is 2. The van der Waals surface area contributed by atoms with Gasteiger partial charge in [-0.25, -0.2) is 13.3 Å². The van der Waals surface area contributed by atoms with E-state index >= 15 is 0 Å². The van der Waals surface area contributed by atoms with Crippen LogP contribution in [0.15, 0.2) is 42.6 Å². The average molecular weight is 396 g/mol. The Bertz CT molecular complexity index is 1150. The summed E-state index contributed by atoms with van der Waals surface area (Å²) in [5, 5.41) is 7.13. The van der Waals surface area contributed by atoms with Crippen molar-refractivity contribution in [2.24, 2.45) is 0 Å². The Morgan fingerprint density at radius 2 is 2.07 bits per heavy atom. The van der Waals surface area contributed by atoms with Gasteiger partial charge in [0.05, 0.1) is 29.5 Å². The summed E-state index contributed by atoms with van der Waals surface area (Å²) in [5.41, 5.74) is 3.91. The molecule has 0 aliphatic carbocycles. The van der Waals surface area contributed by atoms with Crippen molar-refractivity contribution in [1.29, 1.82) is 0 Å². The number of alkyl halides is 2. The molecule has 29 heavy (non-hydrogen) atoms. The second-order valence-electron chi connectivity index (χ2n) is 7.51. The molecule has 2 amide bonds. The van der Waals surface area contributed by atoms with Gasteiger partial charge < -0.3 is 10.2 Å². The predicted molar refractivity (Wildman–Crippen MR) is 102 cm³/mol. The summed E-state index contributed by atoms with van der Waals surface area (Å²) in [7, 11) is 0. The number of fused-ring (bicyclic) bond motifs is 2. The molecule has 2 aromatic heterocycles. The molecule has 2 aliphatic rings. The van der Waals surface area contributed by atoms with E-state index in [1.54, 1.807) is 22.7 Å². The summed E-state index contributed by atoms with van der Waals surface area (Å²) < 4.78 is 29.1. The third-order valence-corrected chi connectivity index (χ3v) is 5.54. The number of nitrogens with zero attached hydrogens (tertiary/aromatic N) is 3. The lowest BCUT2D eigenvalue weighted by atomic mass is 10.0. The molecule has 6 nitrogen and oxygen atoms in total. The highest BCUT2D eigenvalue weighted by atomic mass is 19.3. The molecule has 1 aromatic carbocycles. The summed E-state index contributed by atoms with van der Waals surface area (Å²) in [6.07, 6.45) is 1.51. The molecule has 8 heteroatoms. The molecular weight excluding hydrogens is 378 g/mol. The van der Waals surface area contributed by atoms with Crippen LogP contribution in [0.5, 0.6) is 0 Å². The van der Waals surface area contributed by atoms with Crippen LogP contribution in [0, 0.1) is 0 Å². The molecule has 4 heterocycles. The highest BCUT2D eigenvalue weighted by Gasteiger charge is 2.38. The van der Waals surface area contributed by atoms with Crippen molar-refractivity contribution in [3.8, 4) is 11.3 Å². The van der Waals surface area contributed by atoms with Crippen LogP contribution in [-0.4, -0.2) is 45.3 Å². The minimum atomic E-state index is -2.85. The van der Waals surface area contributed by atoms with Gasteiger partial charge in [0.25, 0.3) is 17.7 Å². The van der Waals surface area contributed by atoms with Crippen molar-refractivity contribution >= 4 is 17.3 Å². The minimum absolute atomic E-state index is 0.114.